The van der Waals surface area contributed by atoms with Gasteiger partial charge in [-0.25, -0.2) is 0 Å². The highest BCUT2D eigenvalue weighted by Crippen LogP contribution is 2.47. The summed E-state index contributed by atoms with van der Waals surface area (Å²) in [5, 5.41) is 3.19. The van der Waals surface area contributed by atoms with E-state index in [1.54, 1.807) is 18.0 Å². The van der Waals surface area contributed by atoms with Crippen LogP contribution in [0.5, 0.6) is 0 Å². The number of benzene rings is 1. The number of rotatable bonds is 5. The molecule has 1 aromatic carbocycles. The number of likely N-dealkylation sites (tertiary alicyclic amines) is 1. The van der Waals surface area contributed by atoms with Gasteiger partial charge in [0.15, 0.2) is 0 Å². The molecule has 3 heterocycles. The minimum absolute atomic E-state index is 0.0197. The van der Waals surface area contributed by atoms with Crippen LogP contribution < -0.4 is 10.6 Å². The molecule has 2 fully saturated rings. The van der Waals surface area contributed by atoms with Crippen LogP contribution in [-0.4, -0.2) is 42.9 Å². The molecule has 0 bridgehead atoms. The van der Waals surface area contributed by atoms with Crippen molar-refractivity contribution in [2.24, 2.45) is 0 Å². The summed E-state index contributed by atoms with van der Waals surface area (Å²) >= 11 is 1.72. The predicted octanol–water partition coefficient (Wildman–Crippen LogP) is 2.24. The van der Waals surface area contributed by atoms with E-state index in [2.05, 4.69) is 21.3 Å². The quantitative estimate of drug-likeness (QED) is 0.505. The molecule has 148 valence electrons. The Bertz CT molecular complexity index is 890. The molecule has 2 aliphatic rings. The van der Waals surface area contributed by atoms with E-state index in [9.17, 15) is 9.36 Å². The van der Waals surface area contributed by atoms with Gasteiger partial charge in [0, 0.05) is 24.0 Å². The minimum Gasteiger partial charge on any atom is -0.338 e. The lowest BCUT2D eigenvalue weighted by molar-refractivity contribution is 0.0933. The first-order valence-corrected chi connectivity index (χ1v) is 11.8. The van der Waals surface area contributed by atoms with Crippen LogP contribution in [0.2, 0.25) is 0 Å². The molecule has 9 heteroatoms. The summed E-state index contributed by atoms with van der Waals surface area (Å²) in [4.78, 5) is 37.5. The average Bonchev–Trinajstić information content (AvgIpc) is 3.47. The third-order valence-corrected chi connectivity index (χ3v) is 7.30. The Hall–Kier alpha value is -1.70. The molecule has 3 unspecified atom stereocenters. The van der Waals surface area contributed by atoms with Crippen molar-refractivity contribution in [3.63, 3.8) is 0 Å². The first-order chi connectivity index (χ1) is 13.4. The van der Waals surface area contributed by atoms with E-state index in [1.165, 1.54) is 36.2 Å². The third kappa shape index (κ3) is 4.31. The second-order valence-electron chi connectivity index (χ2n) is 7.05. The molecule has 0 radical (unpaired) electrons. The monoisotopic (exact) mass is 419 g/mol. The molecule has 28 heavy (non-hydrogen) atoms. The summed E-state index contributed by atoms with van der Waals surface area (Å²) in [7, 11) is -4.30. The van der Waals surface area contributed by atoms with E-state index in [0.717, 1.165) is 19.4 Å². The van der Waals surface area contributed by atoms with Gasteiger partial charge in [0.1, 0.15) is 5.37 Å². The van der Waals surface area contributed by atoms with Crippen molar-refractivity contribution in [3.8, 4) is 0 Å². The Morgan fingerprint density at radius 1 is 1.21 bits per heavy atom. The lowest BCUT2D eigenvalue weighted by atomic mass is 9.96. The molecule has 1 aromatic heterocycles. The number of amides is 1. The Kier molecular flexibility index (Phi) is 5.58. The maximum atomic E-state index is 12.5. The van der Waals surface area contributed by atoms with E-state index in [-0.39, 0.29) is 22.0 Å². The Morgan fingerprint density at radius 3 is 2.68 bits per heavy atom. The second-order valence-corrected chi connectivity index (χ2v) is 9.91. The lowest BCUT2D eigenvalue weighted by Crippen LogP contribution is -2.39. The molecular formula is C19H22N3O4PS. The van der Waals surface area contributed by atoms with E-state index >= 15 is 0 Å². The molecule has 4 rings (SSSR count). The number of nitrogens with one attached hydrogen (secondary N) is 1. The van der Waals surface area contributed by atoms with Gasteiger partial charge < -0.3 is 15.1 Å². The summed E-state index contributed by atoms with van der Waals surface area (Å²) in [5.74, 6) is -0.229. The van der Waals surface area contributed by atoms with Crippen LogP contribution >= 0.6 is 19.4 Å². The molecule has 0 aliphatic carbocycles. The Balaban J connectivity index is 1.39. The number of carbonyl (C=O) groups is 1. The van der Waals surface area contributed by atoms with E-state index in [1.807, 2.05) is 12.3 Å². The Labute approximate surface area is 167 Å². The molecule has 0 saturated carbocycles. The number of nitrogens with zero attached hydrogens (tertiary/aromatic N) is 2. The predicted molar refractivity (Wildman–Crippen MR) is 108 cm³/mol. The van der Waals surface area contributed by atoms with Gasteiger partial charge in [-0.1, -0.05) is 12.5 Å². The average molecular weight is 419 g/mol. The van der Waals surface area contributed by atoms with E-state index in [4.69, 9.17) is 9.79 Å². The first kappa shape index (κ1) is 19.6. The van der Waals surface area contributed by atoms with Crippen LogP contribution in [0, 0.1) is 0 Å². The molecule has 0 spiro atoms. The number of pyridine rings is 1. The minimum atomic E-state index is -4.30. The van der Waals surface area contributed by atoms with Gasteiger partial charge >= 0.3 is 7.60 Å². The van der Waals surface area contributed by atoms with Crippen molar-refractivity contribution in [1.29, 1.82) is 0 Å². The fraction of sp³-hybridized carbons (Fsp3) is 0.368. The fourth-order valence-electron chi connectivity index (χ4n) is 3.67. The molecule has 2 aromatic rings. The number of carbonyl (C=O) groups excluding carboxylic acids is 1. The summed E-state index contributed by atoms with van der Waals surface area (Å²) in [6.45, 7) is 1.00. The topological polar surface area (TPSA) is 103 Å². The van der Waals surface area contributed by atoms with Crippen molar-refractivity contribution in [2.75, 3.05) is 6.54 Å². The molecule has 7 nitrogen and oxygen atoms in total. The zero-order valence-corrected chi connectivity index (χ0v) is 16.9. The number of piperidine rings is 1. The van der Waals surface area contributed by atoms with Crippen molar-refractivity contribution in [3.05, 3.63) is 59.9 Å². The summed E-state index contributed by atoms with van der Waals surface area (Å²) in [6.07, 6.45) is 7.14. The number of hydrogen-bond acceptors (Lipinski definition) is 5. The normalized spacial score (nSPS) is 25.3. The van der Waals surface area contributed by atoms with Crippen LogP contribution in [0.3, 0.4) is 0 Å². The highest BCUT2D eigenvalue weighted by atomic mass is 32.2. The van der Waals surface area contributed by atoms with Gasteiger partial charge in [-0.15, -0.1) is 11.8 Å². The second kappa shape index (κ2) is 7.97. The summed E-state index contributed by atoms with van der Waals surface area (Å²) < 4.78 is 11.2. The van der Waals surface area contributed by atoms with Crippen LogP contribution in [0.15, 0.2) is 48.8 Å². The van der Waals surface area contributed by atoms with Crippen molar-refractivity contribution in [2.45, 2.75) is 36.1 Å². The van der Waals surface area contributed by atoms with Gasteiger partial charge in [0.05, 0.1) is 10.7 Å². The van der Waals surface area contributed by atoms with Gasteiger partial charge in [-0.2, -0.15) is 0 Å². The number of aromatic nitrogens is 1. The van der Waals surface area contributed by atoms with Crippen LogP contribution in [0.25, 0.3) is 0 Å². The standard InChI is InChI=1S/C19H22N3O4PS/c23-17(13-6-8-15(9-7-13)27(24,25)26)21-18-19(28-18)22-11-2-1-5-16(22)14-4-3-10-20-12-14/h3-4,6-10,12,16,18-19H,1-2,5,11H2,(H,21,23)(H2,24,25,26). The molecular weight excluding hydrogens is 397 g/mol. The molecule has 2 saturated heterocycles. The van der Waals surface area contributed by atoms with Crippen molar-refractivity contribution < 1.29 is 19.1 Å². The van der Waals surface area contributed by atoms with Gasteiger partial charge in [-0.05, 0) is 55.3 Å². The summed E-state index contributed by atoms with van der Waals surface area (Å²) in [5.41, 5.74) is 1.61. The van der Waals surface area contributed by atoms with E-state index < -0.39 is 7.60 Å². The zero-order valence-electron chi connectivity index (χ0n) is 15.1. The first-order valence-electron chi connectivity index (χ1n) is 9.22. The van der Waals surface area contributed by atoms with Crippen molar-refractivity contribution >= 4 is 30.6 Å². The third-order valence-electron chi connectivity index (χ3n) is 5.15. The highest BCUT2D eigenvalue weighted by Gasteiger charge is 2.47. The SMILES string of the molecule is O=C(NC1SC1N1CCCCC1c1cccnc1)c1ccc(P(=O)(O)O)cc1. The van der Waals surface area contributed by atoms with Gasteiger partial charge in [-0.3, -0.25) is 19.2 Å². The lowest BCUT2D eigenvalue weighted by Gasteiger charge is -2.35. The maximum absolute atomic E-state index is 12.5. The number of hydrogen-bond donors (Lipinski definition) is 3. The molecule has 1 amide bonds. The molecule has 3 N–H and O–H groups in total. The number of thioether (sulfide) groups is 1. The fourth-order valence-corrected chi connectivity index (χ4v) is 5.23. The largest absolute Gasteiger partial charge is 0.356 e. The van der Waals surface area contributed by atoms with Crippen LogP contribution in [0.1, 0.15) is 41.2 Å². The Morgan fingerprint density at radius 2 is 2.00 bits per heavy atom. The smallest absolute Gasteiger partial charge is 0.338 e. The molecule has 3 atom stereocenters. The van der Waals surface area contributed by atoms with Crippen molar-refractivity contribution in [1.82, 2.24) is 15.2 Å². The molecule has 2 aliphatic heterocycles. The maximum Gasteiger partial charge on any atom is 0.356 e. The zero-order chi connectivity index (χ0) is 19.7. The highest BCUT2D eigenvalue weighted by molar-refractivity contribution is 8.07. The van der Waals surface area contributed by atoms with Gasteiger partial charge in [0.25, 0.3) is 5.91 Å². The van der Waals surface area contributed by atoms with Crippen LogP contribution in [0.4, 0.5) is 0 Å². The summed E-state index contributed by atoms with van der Waals surface area (Å²) in [6, 6.07) is 9.90. The van der Waals surface area contributed by atoms with Crippen LogP contribution in [-0.2, 0) is 4.57 Å². The van der Waals surface area contributed by atoms with Gasteiger partial charge in [0.2, 0.25) is 0 Å². The van der Waals surface area contributed by atoms with E-state index in [0.29, 0.717) is 11.6 Å².